The number of methoxy groups -OCH3 is 1. The Kier molecular flexibility index (Phi) is 4.89. The molecule has 1 rings (SSSR count). The fourth-order valence-electron chi connectivity index (χ4n) is 1.57. The molecule has 21 heavy (non-hydrogen) atoms. The van der Waals surface area contributed by atoms with E-state index in [1.165, 1.54) is 14.0 Å². The molecule has 4 nitrogen and oxygen atoms in total. The Morgan fingerprint density at radius 3 is 2.33 bits per heavy atom. The quantitative estimate of drug-likeness (QED) is 0.502. The second-order valence-electron chi connectivity index (χ2n) is 4.37. The monoisotopic (exact) mass is 373 g/mol. The molecule has 0 aromatic heterocycles. The van der Waals surface area contributed by atoms with Gasteiger partial charge in [0.1, 0.15) is 11.6 Å². The number of benzene rings is 1. The molecule has 2 N–H and O–H groups in total. The highest BCUT2D eigenvalue weighted by Crippen LogP contribution is 2.39. The fourth-order valence-corrected chi connectivity index (χ4v) is 2.13. The molecule has 0 saturated heterocycles. The zero-order chi connectivity index (χ0) is 16.6. The summed E-state index contributed by atoms with van der Waals surface area (Å²) < 4.78 is 59.9. The Labute approximate surface area is 126 Å². The summed E-state index contributed by atoms with van der Waals surface area (Å²) >= 11 is 3.06. The molecule has 0 radical (unpaired) electrons. The van der Waals surface area contributed by atoms with Crippen molar-refractivity contribution < 1.29 is 31.8 Å². The molecule has 1 atom stereocenters. The normalized spacial score (nSPS) is 14.5. The number of ether oxygens (including phenoxy) is 2. The fraction of sp³-hybridized carbons (Fsp3) is 0.417. The van der Waals surface area contributed by atoms with Gasteiger partial charge in [0.2, 0.25) is 0 Å². The zero-order valence-electron chi connectivity index (χ0n) is 11.3. The van der Waals surface area contributed by atoms with Crippen LogP contribution in [-0.2, 0) is 15.3 Å². The van der Waals surface area contributed by atoms with E-state index in [9.17, 15) is 22.4 Å². The number of nitrogens with two attached hydrogens (primary N) is 1. The van der Waals surface area contributed by atoms with E-state index in [1.807, 2.05) is 0 Å². The Bertz CT molecular complexity index is 573. The van der Waals surface area contributed by atoms with Crippen molar-refractivity contribution in [1.29, 1.82) is 0 Å². The van der Waals surface area contributed by atoms with E-state index in [-0.39, 0.29) is 21.3 Å². The van der Waals surface area contributed by atoms with E-state index in [0.717, 1.165) is 13.0 Å². The summed E-state index contributed by atoms with van der Waals surface area (Å²) in [5.41, 5.74) is 3.30. The van der Waals surface area contributed by atoms with Gasteiger partial charge >= 0.3 is 12.1 Å². The SMILES string of the molecule is COc1c(C(C)(N)OC(=O)C(F)(F)F)cc(F)c(C)c1Br. The third kappa shape index (κ3) is 3.65. The Morgan fingerprint density at radius 1 is 1.38 bits per heavy atom. The van der Waals surface area contributed by atoms with Crippen LogP contribution >= 0.6 is 15.9 Å². The number of carbonyl (C=O) groups is 1. The van der Waals surface area contributed by atoms with Crippen molar-refractivity contribution in [2.24, 2.45) is 5.73 Å². The van der Waals surface area contributed by atoms with Crippen molar-refractivity contribution in [3.8, 4) is 5.75 Å². The van der Waals surface area contributed by atoms with Gasteiger partial charge in [-0.25, -0.2) is 9.18 Å². The van der Waals surface area contributed by atoms with Gasteiger partial charge in [0.05, 0.1) is 17.1 Å². The number of rotatable bonds is 3. The maximum Gasteiger partial charge on any atom is 0.491 e. The summed E-state index contributed by atoms with van der Waals surface area (Å²) in [6.45, 7) is 2.43. The first-order chi connectivity index (χ1) is 9.41. The first kappa shape index (κ1) is 17.7. The number of halogens is 5. The first-order valence-corrected chi connectivity index (χ1v) is 6.33. The van der Waals surface area contributed by atoms with Crippen molar-refractivity contribution in [1.82, 2.24) is 0 Å². The number of hydrogen-bond acceptors (Lipinski definition) is 4. The Morgan fingerprint density at radius 2 is 1.90 bits per heavy atom. The second kappa shape index (κ2) is 5.80. The van der Waals surface area contributed by atoms with Crippen molar-refractivity contribution >= 4 is 21.9 Å². The maximum atomic E-state index is 13.8. The molecule has 0 fully saturated rings. The van der Waals surface area contributed by atoms with E-state index in [1.54, 1.807) is 0 Å². The summed E-state index contributed by atoms with van der Waals surface area (Å²) in [7, 11) is 1.22. The average Bonchev–Trinajstić information content (AvgIpc) is 2.33. The highest BCUT2D eigenvalue weighted by atomic mass is 79.9. The van der Waals surface area contributed by atoms with Crippen molar-refractivity contribution in [3.05, 3.63) is 27.5 Å². The van der Waals surface area contributed by atoms with E-state index in [0.29, 0.717) is 0 Å². The predicted octanol–water partition coefficient (Wildman–Crippen LogP) is 3.14. The number of hydrogen-bond donors (Lipinski definition) is 1. The predicted molar refractivity (Wildman–Crippen MR) is 69.1 cm³/mol. The van der Waals surface area contributed by atoms with E-state index < -0.39 is 23.7 Å². The summed E-state index contributed by atoms with van der Waals surface area (Å²) in [5, 5.41) is 0. The van der Waals surface area contributed by atoms with Crippen molar-refractivity contribution in [2.45, 2.75) is 25.7 Å². The molecule has 1 unspecified atom stereocenters. The smallest absolute Gasteiger partial charge is 0.491 e. The molecule has 1 aromatic rings. The minimum Gasteiger partial charge on any atom is -0.495 e. The summed E-state index contributed by atoms with van der Waals surface area (Å²) in [6, 6.07) is 0.864. The lowest BCUT2D eigenvalue weighted by atomic mass is 10.0. The molecule has 0 aliphatic heterocycles. The Balaban J connectivity index is 3.35. The van der Waals surface area contributed by atoms with Crippen molar-refractivity contribution in [2.75, 3.05) is 7.11 Å². The largest absolute Gasteiger partial charge is 0.495 e. The molecule has 0 aliphatic carbocycles. The van der Waals surface area contributed by atoms with Gasteiger partial charge in [0, 0.05) is 5.56 Å². The van der Waals surface area contributed by atoms with Crippen LogP contribution in [-0.4, -0.2) is 19.3 Å². The Hall–Kier alpha value is -1.35. The van der Waals surface area contributed by atoms with Crippen LogP contribution in [0.3, 0.4) is 0 Å². The summed E-state index contributed by atoms with van der Waals surface area (Å²) in [6.07, 6.45) is -5.21. The van der Waals surface area contributed by atoms with Gasteiger partial charge in [-0.1, -0.05) is 0 Å². The standard InChI is InChI=1S/C12H12BrF4NO3/c1-5-7(14)4-6(9(20-3)8(5)13)11(2,18)21-10(19)12(15,16)17/h4H,18H2,1-3H3. The lowest BCUT2D eigenvalue weighted by Gasteiger charge is -2.28. The number of carbonyl (C=O) groups excluding carboxylic acids is 1. The van der Waals surface area contributed by atoms with Gasteiger partial charge in [-0.3, -0.25) is 5.73 Å². The van der Waals surface area contributed by atoms with Gasteiger partial charge in [-0.05, 0) is 35.8 Å². The summed E-state index contributed by atoms with van der Waals surface area (Å²) in [4.78, 5) is 10.9. The summed E-state index contributed by atoms with van der Waals surface area (Å²) in [5.74, 6) is -3.24. The molecule has 0 spiro atoms. The molecule has 1 aromatic carbocycles. The molecular formula is C12H12BrF4NO3. The van der Waals surface area contributed by atoms with E-state index >= 15 is 0 Å². The van der Waals surface area contributed by atoms with Gasteiger partial charge in [0.25, 0.3) is 0 Å². The number of esters is 1. The van der Waals surface area contributed by atoms with E-state index in [2.05, 4.69) is 20.7 Å². The molecule has 0 amide bonds. The molecule has 0 bridgehead atoms. The average molecular weight is 374 g/mol. The molecule has 9 heteroatoms. The molecule has 0 heterocycles. The van der Waals surface area contributed by atoms with Gasteiger partial charge in [0.15, 0.2) is 5.72 Å². The highest BCUT2D eigenvalue weighted by molar-refractivity contribution is 9.10. The van der Waals surface area contributed by atoms with Gasteiger partial charge in [-0.15, -0.1) is 0 Å². The lowest BCUT2D eigenvalue weighted by Crippen LogP contribution is -2.42. The van der Waals surface area contributed by atoms with Crippen LogP contribution in [0, 0.1) is 12.7 Å². The second-order valence-corrected chi connectivity index (χ2v) is 5.17. The van der Waals surface area contributed by atoms with Crippen LogP contribution in [0.25, 0.3) is 0 Å². The minimum atomic E-state index is -5.21. The van der Waals surface area contributed by atoms with Crippen LogP contribution in [0.5, 0.6) is 5.75 Å². The highest BCUT2D eigenvalue weighted by Gasteiger charge is 2.45. The van der Waals surface area contributed by atoms with Gasteiger partial charge < -0.3 is 9.47 Å². The van der Waals surface area contributed by atoms with Crippen LogP contribution < -0.4 is 10.5 Å². The zero-order valence-corrected chi connectivity index (χ0v) is 12.9. The third-order valence-electron chi connectivity index (χ3n) is 2.68. The van der Waals surface area contributed by atoms with E-state index in [4.69, 9.17) is 10.5 Å². The van der Waals surface area contributed by atoms with Gasteiger partial charge in [-0.2, -0.15) is 13.2 Å². The molecule has 0 aliphatic rings. The van der Waals surface area contributed by atoms with Crippen molar-refractivity contribution in [3.63, 3.8) is 0 Å². The van der Waals surface area contributed by atoms with Crippen LogP contribution in [0.1, 0.15) is 18.1 Å². The molecule has 118 valence electrons. The molecular weight excluding hydrogens is 362 g/mol. The van der Waals surface area contributed by atoms with Crippen LogP contribution in [0.15, 0.2) is 10.5 Å². The lowest BCUT2D eigenvalue weighted by molar-refractivity contribution is -0.213. The van der Waals surface area contributed by atoms with Crippen LogP contribution in [0.2, 0.25) is 0 Å². The third-order valence-corrected chi connectivity index (χ3v) is 3.63. The van der Waals surface area contributed by atoms with Crippen LogP contribution in [0.4, 0.5) is 17.6 Å². The topological polar surface area (TPSA) is 61.6 Å². The maximum absolute atomic E-state index is 13.8. The minimum absolute atomic E-state index is 0.0196. The number of alkyl halides is 3. The molecule has 0 saturated carbocycles. The first-order valence-electron chi connectivity index (χ1n) is 5.54.